The van der Waals surface area contributed by atoms with E-state index in [0.29, 0.717) is 0 Å². The summed E-state index contributed by atoms with van der Waals surface area (Å²) in [5, 5.41) is 3.33. The van der Waals surface area contributed by atoms with Crippen molar-refractivity contribution >= 4 is 5.69 Å². The van der Waals surface area contributed by atoms with E-state index in [4.69, 9.17) is 0 Å². The fourth-order valence-corrected chi connectivity index (χ4v) is 2.32. The normalized spacial score (nSPS) is 16.0. The minimum Gasteiger partial charge on any atom is -0.382 e. The molecule has 0 saturated carbocycles. The highest BCUT2D eigenvalue weighted by Crippen LogP contribution is 2.13. The number of hydrogen-bond acceptors (Lipinski definition) is 2. The maximum absolute atomic E-state index is 3.72. The lowest BCUT2D eigenvalue weighted by Gasteiger charge is -2.14. The first kappa shape index (κ1) is 12.2. The molecular weight excluding hydrogens is 208 g/mol. The van der Waals surface area contributed by atoms with E-state index in [9.17, 15) is 0 Å². The quantitative estimate of drug-likeness (QED) is 0.756. The van der Waals surface area contributed by atoms with Crippen LogP contribution in [-0.4, -0.2) is 31.1 Å². The van der Waals surface area contributed by atoms with E-state index in [1.807, 2.05) is 6.08 Å². The van der Waals surface area contributed by atoms with Gasteiger partial charge < -0.3 is 10.2 Å². The lowest BCUT2D eigenvalue weighted by Crippen LogP contribution is -2.21. The van der Waals surface area contributed by atoms with E-state index in [2.05, 4.69) is 41.1 Å². The van der Waals surface area contributed by atoms with Gasteiger partial charge in [0.05, 0.1) is 0 Å². The second-order valence-electron chi connectivity index (χ2n) is 4.67. The largest absolute Gasteiger partial charge is 0.382 e. The van der Waals surface area contributed by atoms with Crippen LogP contribution in [0, 0.1) is 0 Å². The summed E-state index contributed by atoms with van der Waals surface area (Å²) in [5.74, 6) is 0. The summed E-state index contributed by atoms with van der Waals surface area (Å²) in [6.45, 7) is 8.32. The number of nitrogens with zero attached hydrogens (tertiary/aromatic N) is 1. The predicted octanol–water partition coefficient (Wildman–Crippen LogP) is 2.92. The number of anilines is 1. The summed E-state index contributed by atoms with van der Waals surface area (Å²) in [7, 11) is 0. The van der Waals surface area contributed by atoms with Gasteiger partial charge in [-0.25, -0.2) is 0 Å². The van der Waals surface area contributed by atoms with Gasteiger partial charge in [0.2, 0.25) is 0 Å². The van der Waals surface area contributed by atoms with Crippen molar-refractivity contribution < 1.29 is 0 Å². The zero-order valence-corrected chi connectivity index (χ0v) is 10.5. The van der Waals surface area contributed by atoms with E-state index in [-0.39, 0.29) is 0 Å². The molecule has 0 aromatic heterocycles. The third-order valence-corrected chi connectivity index (χ3v) is 3.29. The van der Waals surface area contributed by atoms with E-state index in [1.54, 1.807) is 0 Å². The van der Waals surface area contributed by atoms with Crippen molar-refractivity contribution in [1.82, 2.24) is 4.90 Å². The number of nitrogens with one attached hydrogen (secondary N) is 1. The number of hydrogen-bond donors (Lipinski definition) is 1. The van der Waals surface area contributed by atoms with Gasteiger partial charge in [-0.1, -0.05) is 18.2 Å². The topological polar surface area (TPSA) is 15.3 Å². The highest BCUT2D eigenvalue weighted by Gasteiger charge is 2.10. The smallest absolute Gasteiger partial charge is 0.0345 e. The minimum atomic E-state index is 0.829. The van der Waals surface area contributed by atoms with Gasteiger partial charge in [-0.15, -0.1) is 6.58 Å². The van der Waals surface area contributed by atoms with Crippen molar-refractivity contribution in [1.29, 1.82) is 0 Å². The predicted molar refractivity (Wildman–Crippen MR) is 74.5 cm³/mol. The number of rotatable bonds is 6. The van der Waals surface area contributed by atoms with E-state index in [0.717, 1.165) is 13.0 Å². The lowest BCUT2D eigenvalue weighted by atomic mass is 10.1. The molecule has 2 nitrogen and oxygen atoms in total. The molecule has 0 bridgehead atoms. The third kappa shape index (κ3) is 3.90. The summed E-state index contributed by atoms with van der Waals surface area (Å²) in [6, 6.07) is 8.71. The molecule has 1 aliphatic rings. The van der Waals surface area contributed by atoms with Crippen LogP contribution in [0.15, 0.2) is 36.9 Å². The molecule has 0 atom stereocenters. The highest BCUT2D eigenvalue weighted by atomic mass is 15.1. The van der Waals surface area contributed by atoms with Crippen molar-refractivity contribution in [3.05, 3.63) is 42.5 Å². The van der Waals surface area contributed by atoms with Crippen LogP contribution in [0.2, 0.25) is 0 Å². The second-order valence-corrected chi connectivity index (χ2v) is 4.67. The van der Waals surface area contributed by atoms with Gasteiger partial charge in [0.1, 0.15) is 0 Å². The van der Waals surface area contributed by atoms with Gasteiger partial charge in [-0.05, 0) is 50.0 Å². The molecule has 1 N–H and O–H groups in total. The zero-order valence-electron chi connectivity index (χ0n) is 10.5. The fraction of sp³-hybridized carbons (Fsp3) is 0.467. The van der Waals surface area contributed by atoms with E-state index < -0.39 is 0 Å². The standard InChI is InChI=1S/C15H22N2/c1-2-9-16-15-7-5-6-14(13-15)8-12-17-10-3-4-11-17/h2,5-7,13,16H,1,3-4,8-12H2. The van der Waals surface area contributed by atoms with Gasteiger partial charge >= 0.3 is 0 Å². The van der Waals surface area contributed by atoms with Crippen molar-refractivity contribution in [3.8, 4) is 0 Å². The van der Waals surface area contributed by atoms with E-state index >= 15 is 0 Å². The highest BCUT2D eigenvalue weighted by molar-refractivity contribution is 5.46. The Kier molecular flexibility index (Phi) is 4.63. The van der Waals surface area contributed by atoms with Crippen molar-refractivity contribution in [2.45, 2.75) is 19.3 Å². The first-order valence-electron chi connectivity index (χ1n) is 6.54. The first-order valence-corrected chi connectivity index (χ1v) is 6.54. The van der Waals surface area contributed by atoms with Crippen LogP contribution in [0.5, 0.6) is 0 Å². The Labute approximate surface area is 104 Å². The zero-order chi connectivity index (χ0) is 11.9. The molecule has 17 heavy (non-hydrogen) atoms. The van der Waals surface area contributed by atoms with Crippen LogP contribution in [0.1, 0.15) is 18.4 Å². The van der Waals surface area contributed by atoms with Gasteiger partial charge in [0.15, 0.2) is 0 Å². The molecule has 92 valence electrons. The summed E-state index contributed by atoms with van der Waals surface area (Å²) < 4.78 is 0. The Balaban J connectivity index is 1.84. The van der Waals surface area contributed by atoms with Crippen LogP contribution in [0.4, 0.5) is 5.69 Å². The van der Waals surface area contributed by atoms with Crippen LogP contribution in [-0.2, 0) is 6.42 Å². The first-order chi connectivity index (χ1) is 8.38. The molecule has 1 fully saturated rings. The SMILES string of the molecule is C=CCNc1cccc(CCN2CCCC2)c1. The second kappa shape index (κ2) is 6.45. The average molecular weight is 230 g/mol. The molecule has 0 amide bonds. The van der Waals surface area contributed by atoms with Crippen molar-refractivity contribution in [2.24, 2.45) is 0 Å². The molecule has 1 aromatic carbocycles. The molecule has 1 aromatic rings. The van der Waals surface area contributed by atoms with Gasteiger partial charge in [-0.2, -0.15) is 0 Å². The molecule has 0 radical (unpaired) electrons. The summed E-state index contributed by atoms with van der Waals surface area (Å²) >= 11 is 0. The van der Waals surface area contributed by atoms with Gasteiger partial charge in [-0.3, -0.25) is 0 Å². The lowest BCUT2D eigenvalue weighted by molar-refractivity contribution is 0.343. The molecule has 0 unspecified atom stereocenters. The Morgan fingerprint density at radius 1 is 1.29 bits per heavy atom. The van der Waals surface area contributed by atoms with E-state index in [1.165, 1.54) is 43.7 Å². The minimum absolute atomic E-state index is 0.829. The molecule has 2 heteroatoms. The fourth-order valence-electron chi connectivity index (χ4n) is 2.32. The number of benzene rings is 1. The molecule has 1 heterocycles. The molecule has 1 aliphatic heterocycles. The van der Waals surface area contributed by atoms with Crippen LogP contribution >= 0.6 is 0 Å². The van der Waals surface area contributed by atoms with Gasteiger partial charge in [0, 0.05) is 18.8 Å². The summed E-state index contributed by atoms with van der Waals surface area (Å²) in [5.41, 5.74) is 2.62. The van der Waals surface area contributed by atoms with Crippen molar-refractivity contribution in [3.63, 3.8) is 0 Å². The average Bonchev–Trinajstić information content (AvgIpc) is 2.87. The molecule has 1 saturated heterocycles. The Bertz CT molecular complexity index is 354. The van der Waals surface area contributed by atoms with Gasteiger partial charge in [0.25, 0.3) is 0 Å². The molecule has 0 aliphatic carbocycles. The number of likely N-dealkylation sites (tertiary alicyclic amines) is 1. The monoisotopic (exact) mass is 230 g/mol. The maximum Gasteiger partial charge on any atom is 0.0345 e. The van der Waals surface area contributed by atoms with Crippen LogP contribution in [0.25, 0.3) is 0 Å². The maximum atomic E-state index is 3.72. The van der Waals surface area contributed by atoms with Crippen LogP contribution < -0.4 is 5.32 Å². The Morgan fingerprint density at radius 2 is 2.12 bits per heavy atom. The molecular formula is C15H22N2. The third-order valence-electron chi connectivity index (χ3n) is 3.29. The van der Waals surface area contributed by atoms with Crippen molar-refractivity contribution in [2.75, 3.05) is 31.5 Å². The van der Waals surface area contributed by atoms with Crippen LogP contribution in [0.3, 0.4) is 0 Å². The Hall–Kier alpha value is -1.28. The summed E-state index contributed by atoms with van der Waals surface area (Å²) in [4.78, 5) is 2.56. The molecule has 2 rings (SSSR count). The summed E-state index contributed by atoms with van der Waals surface area (Å²) in [6.07, 6.45) is 5.79. The Morgan fingerprint density at radius 3 is 2.88 bits per heavy atom. The molecule has 0 spiro atoms.